The van der Waals surface area contributed by atoms with Crippen molar-refractivity contribution < 1.29 is 0 Å². The molecule has 0 aliphatic carbocycles. The molecular weight excluding hydrogens is 349 g/mol. The van der Waals surface area contributed by atoms with Gasteiger partial charge in [0.1, 0.15) is 0 Å². The van der Waals surface area contributed by atoms with Crippen molar-refractivity contribution in [3.05, 3.63) is 0 Å². The van der Waals surface area contributed by atoms with Crippen molar-refractivity contribution in [2.24, 2.45) is 0 Å². The summed E-state index contributed by atoms with van der Waals surface area (Å²) >= 11 is 5.12. The van der Waals surface area contributed by atoms with Crippen LogP contribution in [0, 0.1) is 0 Å². The van der Waals surface area contributed by atoms with Crippen molar-refractivity contribution in [1.29, 1.82) is 0 Å². The third-order valence-corrected chi connectivity index (χ3v) is 30.6. The fraction of sp³-hybridized carbons (Fsp3) is 1.00. The summed E-state index contributed by atoms with van der Waals surface area (Å²) < 4.78 is 0.337. The summed E-state index contributed by atoms with van der Waals surface area (Å²) in [6.45, 7) is 7.24. The standard InChI is InChI=1S/C3H9I2PSi/c1-7(2,3)6(4)5/h1-3H3. The average molecular weight is 358 g/mol. The quantitative estimate of drug-likeness (QED) is 0.378. The van der Waals surface area contributed by atoms with Crippen molar-refractivity contribution in [1.82, 2.24) is 0 Å². The van der Waals surface area contributed by atoms with E-state index in [2.05, 4.69) is 63.7 Å². The van der Waals surface area contributed by atoms with Crippen LogP contribution in [0.2, 0.25) is 19.6 Å². The highest BCUT2D eigenvalue weighted by molar-refractivity contribution is 14.3. The number of halogens is 2. The second kappa shape index (κ2) is 3.32. The molecule has 0 atom stereocenters. The third kappa shape index (κ3) is 4.60. The van der Waals surface area contributed by atoms with Crippen LogP contribution >= 0.6 is 46.8 Å². The highest BCUT2D eigenvalue weighted by atomic mass is 127. The van der Waals surface area contributed by atoms with Crippen molar-refractivity contribution in [3.8, 4) is 0 Å². The maximum atomic E-state index is 2.56. The molecule has 0 nitrogen and oxygen atoms in total. The Morgan fingerprint density at radius 3 is 1.29 bits per heavy atom. The van der Waals surface area contributed by atoms with Crippen molar-refractivity contribution in [3.63, 3.8) is 0 Å². The highest BCUT2D eigenvalue weighted by Crippen LogP contribution is 2.61. The zero-order valence-corrected chi connectivity index (χ0v) is 10.9. The van der Waals surface area contributed by atoms with Gasteiger partial charge in [-0.3, -0.25) is 0 Å². The van der Waals surface area contributed by atoms with E-state index in [1.807, 2.05) is 0 Å². The summed E-state index contributed by atoms with van der Waals surface area (Å²) in [4.78, 5) is 0. The van der Waals surface area contributed by atoms with Gasteiger partial charge in [0.25, 0.3) is 0 Å². The molecule has 4 heteroatoms. The van der Waals surface area contributed by atoms with Crippen molar-refractivity contribution >= 4 is 54.6 Å². The van der Waals surface area contributed by atoms with Crippen LogP contribution in [-0.2, 0) is 0 Å². The maximum absolute atomic E-state index is 2.56. The molecule has 0 aromatic carbocycles. The van der Waals surface area contributed by atoms with E-state index in [9.17, 15) is 0 Å². The molecule has 44 valence electrons. The molecule has 0 aliphatic heterocycles. The van der Waals surface area contributed by atoms with Crippen LogP contribution in [0.1, 0.15) is 0 Å². The summed E-state index contributed by atoms with van der Waals surface area (Å²) in [5.74, 6) is 0. The zero-order chi connectivity index (χ0) is 6.08. The second-order valence-corrected chi connectivity index (χ2v) is 29.4. The first kappa shape index (κ1) is 9.11. The van der Waals surface area contributed by atoms with E-state index in [-0.39, 0.29) is 0 Å². The lowest BCUT2D eigenvalue weighted by molar-refractivity contribution is 1.88. The molecule has 0 aromatic heterocycles. The van der Waals surface area contributed by atoms with Crippen LogP contribution in [0.5, 0.6) is 0 Å². The van der Waals surface area contributed by atoms with E-state index in [0.29, 0.717) is 2.75 Å². The van der Waals surface area contributed by atoms with E-state index >= 15 is 0 Å². The fourth-order valence-corrected chi connectivity index (χ4v) is 0. The highest BCUT2D eigenvalue weighted by Gasteiger charge is 2.20. The molecule has 0 saturated heterocycles. The topological polar surface area (TPSA) is 0 Å². The van der Waals surface area contributed by atoms with Gasteiger partial charge in [-0.25, -0.2) is 0 Å². The monoisotopic (exact) mass is 358 g/mol. The summed E-state index contributed by atoms with van der Waals surface area (Å²) in [7, 11) is -0.696. The number of hydrogen-bond acceptors (Lipinski definition) is 0. The molecule has 0 aromatic rings. The Kier molecular flexibility index (Phi) is 4.32. The van der Waals surface area contributed by atoms with E-state index in [0.717, 1.165) is 0 Å². The zero-order valence-electron chi connectivity index (χ0n) is 4.70. The lowest BCUT2D eigenvalue weighted by Gasteiger charge is -2.16. The minimum absolute atomic E-state index is 0.337. The first-order chi connectivity index (χ1) is 2.94. The molecule has 0 rings (SSSR count). The van der Waals surface area contributed by atoms with Gasteiger partial charge in [0.05, 0.1) is 7.74 Å². The Morgan fingerprint density at radius 1 is 1.14 bits per heavy atom. The Balaban J connectivity index is 3.54. The molecule has 0 amide bonds. The van der Waals surface area contributed by atoms with Gasteiger partial charge in [0, 0.05) is 2.75 Å². The Hall–Kier alpha value is 2.11. The minimum atomic E-state index is -0.696. The summed E-state index contributed by atoms with van der Waals surface area (Å²) in [6.07, 6.45) is 0. The van der Waals surface area contributed by atoms with E-state index in [1.54, 1.807) is 0 Å². The molecule has 0 spiro atoms. The smallest absolute Gasteiger partial charge is 0.0643 e. The van der Waals surface area contributed by atoms with E-state index in [4.69, 9.17) is 0 Å². The van der Waals surface area contributed by atoms with Crippen LogP contribution in [0.25, 0.3) is 0 Å². The van der Waals surface area contributed by atoms with Gasteiger partial charge in [-0.05, 0) is 44.1 Å². The summed E-state index contributed by atoms with van der Waals surface area (Å²) in [5.41, 5.74) is 0. The van der Waals surface area contributed by atoms with Crippen LogP contribution in [-0.4, -0.2) is 7.74 Å². The second-order valence-electron chi connectivity index (χ2n) is 2.40. The lowest BCUT2D eigenvalue weighted by Crippen LogP contribution is -2.11. The molecule has 7 heavy (non-hydrogen) atoms. The van der Waals surface area contributed by atoms with Gasteiger partial charge in [-0.15, -0.1) is 0 Å². The SMILES string of the molecule is C[Si](C)(C)P(I)I. The maximum Gasteiger partial charge on any atom is 0.0965 e. The van der Waals surface area contributed by atoms with Crippen LogP contribution in [0.3, 0.4) is 0 Å². The van der Waals surface area contributed by atoms with Gasteiger partial charge in [-0.1, -0.05) is 19.6 Å². The Labute approximate surface area is 73.4 Å². The van der Waals surface area contributed by atoms with E-state index in [1.165, 1.54) is 0 Å². The van der Waals surface area contributed by atoms with Gasteiger partial charge >= 0.3 is 0 Å². The van der Waals surface area contributed by atoms with Crippen LogP contribution < -0.4 is 0 Å². The Bertz CT molecular complexity index is 58.4. The van der Waals surface area contributed by atoms with E-state index < -0.39 is 7.74 Å². The van der Waals surface area contributed by atoms with Crippen LogP contribution in [0.15, 0.2) is 0 Å². The molecule has 0 N–H and O–H groups in total. The fourth-order valence-electron chi connectivity index (χ4n) is 0. The van der Waals surface area contributed by atoms with Gasteiger partial charge in [-0.2, -0.15) is 0 Å². The van der Waals surface area contributed by atoms with Gasteiger partial charge < -0.3 is 0 Å². The molecular formula is C3H9I2PSi. The van der Waals surface area contributed by atoms with Gasteiger partial charge in [0.2, 0.25) is 0 Å². The van der Waals surface area contributed by atoms with Crippen molar-refractivity contribution in [2.45, 2.75) is 19.6 Å². The van der Waals surface area contributed by atoms with Crippen LogP contribution in [0.4, 0.5) is 0 Å². The average Bonchev–Trinajstić information content (AvgIpc) is 1.31. The molecule has 0 fully saturated rings. The lowest BCUT2D eigenvalue weighted by atomic mass is 11.8. The van der Waals surface area contributed by atoms with Gasteiger partial charge in [0.15, 0.2) is 0 Å². The minimum Gasteiger partial charge on any atom is -0.0643 e. The predicted molar refractivity (Wildman–Crippen MR) is 58.3 cm³/mol. The molecule has 0 aliphatic rings. The first-order valence-corrected chi connectivity index (χ1v) is 13.3. The number of hydrogen-bond donors (Lipinski definition) is 0. The molecule has 0 heterocycles. The summed E-state index contributed by atoms with van der Waals surface area (Å²) in [5, 5.41) is 0. The Morgan fingerprint density at radius 2 is 1.29 bits per heavy atom. The van der Waals surface area contributed by atoms with Crippen molar-refractivity contribution in [2.75, 3.05) is 0 Å². The molecule has 0 unspecified atom stereocenters. The number of rotatable bonds is 1. The largest absolute Gasteiger partial charge is 0.0965 e. The third-order valence-electron chi connectivity index (χ3n) is 0.507. The predicted octanol–water partition coefficient (Wildman–Crippen LogP) is 4.00. The first-order valence-electron chi connectivity index (χ1n) is 2.06. The molecule has 0 saturated carbocycles. The molecule has 0 bridgehead atoms. The normalized spacial score (nSPS) is 12.9. The summed E-state index contributed by atoms with van der Waals surface area (Å²) in [6, 6.07) is 0. The molecule has 0 radical (unpaired) electrons.